The summed E-state index contributed by atoms with van der Waals surface area (Å²) in [5, 5.41) is 15.6. The lowest BCUT2D eigenvalue weighted by molar-refractivity contribution is 0.330. The minimum absolute atomic E-state index is 0.869. The predicted molar refractivity (Wildman–Crippen MR) is 78.4 cm³/mol. The van der Waals surface area contributed by atoms with Gasteiger partial charge in [0.2, 0.25) is 5.13 Å². The normalized spacial score (nSPS) is 11.1. The number of aromatic nitrogens is 2. The van der Waals surface area contributed by atoms with Gasteiger partial charge in [-0.25, -0.2) is 0 Å². The minimum atomic E-state index is 0.869. The standard InChI is InChI=1S/C12H18N4S2/c1-3-13-12-15-14-11(18-12)9-16(2)7-6-10-5-4-8-17-10/h4-5,8H,3,6-7,9H2,1-2H3,(H,13,15). The van der Waals surface area contributed by atoms with E-state index in [-0.39, 0.29) is 0 Å². The molecule has 0 aliphatic rings. The first kappa shape index (κ1) is 13.5. The highest BCUT2D eigenvalue weighted by molar-refractivity contribution is 7.15. The maximum Gasteiger partial charge on any atom is 0.205 e. The topological polar surface area (TPSA) is 41.1 Å². The number of thiophene rings is 1. The van der Waals surface area contributed by atoms with Crippen molar-refractivity contribution in [2.45, 2.75) is 19.9 Å². The molecule has 0 saturated heterocycles. The highest BCUT2D eigenvalue weighted by Crippen LogP contribution is 2.16. The second-order valence-corrected chi connectivity index (χ2v) is 6.19. The summed E-state index contributed by atoms with van der Waals surface area (Å²) in [6.07, 6.45) is 1.10. The van der Waals surface area contributed by atoms with E-state index in [1.54, 1.807) is 11.3 Å². The van der Waals surface area contributed by atoms with E-state index in [1.165, 1.54) is 4.88 Å². The van der Waals surface area contributed by atoms with E-state index in [2.05, 4.69) is 51.9 Å². The summed E-state index contributed by atoms with van der Waals surface area (Å²) >= 11 is 3.46. The first-order valence-electron chi connectivity index (χ1n) is 6.05. The average molecular weight is 282 g/mol. The highest BCUT2D eigenvalue weighted by atomic mass is 32.1. The third-order valence-electron chi connectivity index (χ3n) is 2.52. The number of nitrogens with one attached hydrogen (secondary N) is 1. The number of hydrogen-bond acceptors (Lipinski definition) is 6. The van der Waals surface area contributed by atoms with Crippen LogP contribution in [0, 0.1) is 0 Å². The lowest BCUT2D eigenvalue weighted by Crippen LogP contribution is -2.20. The molecule has 0 fully saturated rings. The van der Waals surface area contributed by atoms with Gasteiger partial charge in [-0.3, -0.25) is 4.90 Å². The van der Waals surface area contributed by atoms with Crippen molar-refractivity contribution in [2.24, 2.45) is 0 Å². The fourth-order valence-corrected chi connectivity index (χ4v) is 3.19. The highest BCUT2D eigenvalue weighted by Gasteiger charge is 2.07. The van der Waals surface area contributed by atoms with Crippen LogP contribution in [0.2, 0.25) is 0 Å². The summed E-state index contributed by atoms with van der Waals surface area (Å²) in [5.41, 5.74) is 0. The monoisotopic (exact) mass is 282 g/mol. The summed E-state index contributed by atoms with van der Waals surface area (Å²) in [7, 11) is 2.13. The number of likely N-dealkylation sites (N-methyl/N-ethyl adjacent to an activating group) is 1. The molecule has 2 rings (SSSR count). The zero-order valence-electron chi connectivity index (χ0n) is 10.7. The number of nitrogens with zero attached hydrogens (tertiary/aromatic N) is 3. The predicted octanol–water partition coefficient (Wildman–Crippen LogP) is 2.71. The van der Waals surface area contributed by atoms with Crippen molar-refractivity contribution < 1.29 is 0 Å². The molecule has 0 aromatic carbocycles. The lowest BCUT2D eigenvalue weighted by Gasteiger charge is -2.13. The van der Waals surface area contributed by atoms with Gasteiger partial charge in [-0.2, -0.15) is 0 Å². The molecule has 18 heavy (non-hydrogen) atoms. The summed E-state index contributed by atoms with van der Waals surface area (Å²) < 4.78 is 0. The van der Waals surface area contributed by atoms with Crippen molar-refractivity contribution >= 4 is 27.8 Å². The Balaban J connectivity index is 1.77. The molecule has 6 heteroatoms. The smallest absolute Gasteiger partial charge is 0.205 e. The molecule has 0 bridgehead atoms. The molecule has 0 unspecified atom stereocenters. The molecular weight excluding hydrogens is 264 g/mol. The first-order valence-corrected chi connectivity index (χ1v) is 7.74. The molecule has 98 valence electrons. The van der Waals surface area contributed by atoms with E-state index in [9.17, 15) is 0 Å². The van der Waals surface area contributed by atoms with E-state index in [0.29, 0.717) is 0 Å². The number of hydrogen-bond donors (Lipinski definition) is 1. The minimum Gasteiger partial charge on any atom is -0.360 e. The lowest BCUT2D eigenvalue weighted by atomic mass is 10.3. The quantitative estimate of drug-likeness (QED) is 0.848. The van der Waals surface area contributed by atoms with Crippen LogP contribution in [0.3, 0.4) is 0 Å². The third kappa shape index (κ3) is 4.04. The van der Waals surface area contributed by atoms with Crippen molar-refractivity contribution in [3.63, 3.8) is 0 Å². The summed E-state index contributed by atoms with van der Waals surface area (Å²) in [5.74, 6) is 0. The molecule has 0 radical (unpaired) electrons. The molecule has 4 nitrogen and oxygen atoms in total. The number of anilines is 1. The third-order valence-corrected chi connectivity index (χ3v) is 4.32. The van der Waals surface area contributed by atoms with Crippen molar-refractivity contribution in [2.75, 3.05) is 25.5 Å². The fourth-order valence-electron chi connectivity index (χ4n) is 1.61. The molecular formula is C12H18N4S2. The molecule has 0 atom stereocenters. The van der Waals surface area contributed by atoms with Crippen LogP contribution in [0.5, 0.6) is 0 Å². The summed E-state index contributed by atoms with van der Waals surface area (Å²) in [6, 6.07) is 4.29. The maximum atomic E-state index is 4.19. The zero-order chi connectivity index (χ0) is 12.8. The Morgan fingerprint density at radius 1 is 1.39 bits per heavy atom. The number of rotatable bonds is 7. The van der Waals surface area contributed by atoms with Crippen LogP contribution in [-0.2, 0) is 13.0 Å². The van der Waals surface area contributed by atoms with Gasteiger partial charge in [0.05, 0.1) is 6.54 Å². The van der Waals surface area contributed by atoms with E-state index in [4.69, 9.17) is 0 Å². The summed E-state index contributed by atoms with van der Waals surface area (Å²) in [6.45, 7) is 4.88. The molecule has 2 heterocycles. The van der Waals surface area contributed by atoms with Crippen LogP contribution in [0.25, 0.3) is 0 Å². The van der Waals surface area contributed by atoms with Crippen molar-refractivity contribution in [1.82, 2.24) is 15.1 Å². The zero-order valence-corrected chi connectivity index (χ0v) is 12.4. The Bertz CT molecular complexity index is 452. The Labute approximate surface area is 116 Å². The van der Waals surface area contributed by atoms with Crippen molar-refractivity contribution in [3.05, 3.63) is 27.4 Å². The van der Waals surface area contributed by atoms with Gasteiger partial charge >= 0.3 is 0 Å². The second kappa shape index (κ2) is 6.82. The van der Waals surface area contributed by atoms with Crippen LogP contribution in [0.4, 0.5) is 5.13 Å². The molecule has 0 aliphatic carbocycles. The van der Waals surface area contributed by atoms with Gasteiger partial charge in [0.1, 0.15) is 5.01 Å². The van der Waals surface area contributed by atoms with Gasteiger partial charge < -0.3 is 5.32 Å². The Hall–Kier alpha value is -0.980. The molecule has 2 aromatic heterocycles. The van der Waals surface area contributed by atoms with E-state index >= 15 is 0 Å². The molecule has 0 aliphatic heterocycles. The van der Waals surface area contributed by atoms with E-state index in [1.807, 2.05) is 11.3 Å². The van der Waals surface area contributed by atoms with Gasteiger partial charge in [-0.15, -0.1) is 21.5 Å². The molecule has 0 saturated carbocycles. The SMILES string of the molecule is CCNc1nnc(CN(C)CCc2cccs2)s1. The summed E-state index contributed by atoms with van der Waals surface area (Å²) in [4.78, 5) is 3.73. The van der Waals surface area contributed by atoms with E-state index < -0.39 is 0 Å². The Morgan fingerprint density at radius 3 is 3.00 bits per heavy atom. The average Bonchev–Trinajstić information content (AvgIpc) is 2.99. The molecule has 2 aromatic rings. The van der Waals surface area contributed by atoms with E-state index in [0.717, 1.165) is 36.2 Å². The van der Waals surface area contributed by atoms with Crippen LogP contribution in [0.1, 0.15) is 16.8 Å². The maximum absolute atomic E-state index is 4.19. The molecule has 0 amide bonds. The van der Waals surface area contributed by atoms with Crippen molar-refractivity contribution in [3.8, 4) is 0 Å². The second-order valence-electron chi connectivity index (χ2n) is 4.10. The Morgan fingerprint density at radius 2 is 2.28 bits per heavy atom. The van der Waals surface area contributed by atoms with Crippen LogP contribution < -0.4 is 5.32 Å². The van der Waals surface area contributed by atoms with Crippen LogP contribution in [-0.4, -0.2) is 35.2 Å². The Kier molecular flexibility index (Phi) is 5.10. The first-order chi connectivity index (χ1) is 8.78. The van der Waals surface area contributed by atoms with Gasteiger partial charge in [0.25, 0.3) is 0 Å². The van der Waals surface area contributed by atoms with Gasteiger partial charge in [-0.05, 0) is 31.8 Å². The molecule has 0 spiro atoms. The van der Waals surface area contributed by atoms with Crippen LogP contribution >= 0.6 is 22.7 Å². The van der Waals surface area contributed by atoms with Crippen molar-refractivity contribution in [1.29, 1.82) is 0 Å². The van der Waals surface area contributed by atoms with Gasteiger partial charge in [-0.1, -0.05) is 17.4 Å². The van der Waals surface area contributed by atoms with Gasteiger partial charge in [0.15, 0.2) is 0 Å². The van der Waals surface area contributed by atoms with Crippen LogP contribution in [0.15, 0.2) is 17.5 Å². The van der Waals surface area contributed by atoms with Gasteiger partial charge in [0, 0.05) is 18.0 Å². The largest absolute Gasteiger partial charge is 0.360 e. The fraction of sp³-hybridized carbons (Fsp3) is 0.500. The molecule has 1 N–H and O–H groups in total.